The third kappa shape index (κ3) is 2.51. The van der Waals surface area contributed by atoms with Crippen LogP contribution >= 0.6 is 0 Å². The molecule has 3 rings (SSSR count). The predicted octanol–water partition coefficient (Wildman–Crippen LogP) is 1.79. The number of nitrogens with zero attached hydrogens (tertiary/aromatic N) is 2. The van der Waals surface area contributed by atoms with Crippen molar-refractivity contribution in [2.24, 2.45) is 0 Å². The first-order chi connectivity index (χ1) is 9.88. The molecular weight excluding hydrogens is 299 g/mol. The van der Waals surface area contributed by atoms with E-state index in [4.69, 9.17) is 4.42 Å². The highest BCUT2D eigenvalue weighted by Gasteiger charge is 2.39. The Hall–Kier alpha value is -1.96. The van der Waals surface area contributed by atoms with Gasteiger partial charge in [-0.1, -0.05) is 6.92 Å². The van der Waals surface area contributed by atoms with Crippen LogP contribution in [0.15, 0.2) is 22.6 Å². The molecule has 112 valence electrons. The van der Waals surface area contributed by atoms with Crippen LogP contribution in [0.2, 0.25) is 0 Å². The largest absolute Gasteiger partial charge is 0.441 e. The fourth-order valence-electron chi connectivity index (χ4n) is 2.40. The lowest BCUT2D eigenvalue weighted by Crippen LogP contribution is -2.26. The Morgan fingerprint density at radius 1 is 1.48 bits per heavy atom. The minimum Gasteiger partial charge on any atom is -0.441 e. The molecule has 0 saturated carbocycles. The van der Waals surface area contributed by atoms with Crippen molar-refractivity contribution < 1.29 is 21.5 Å². The average Bonchev–Trinajstić information content (AvgIpc) is 3.00. The number of hydrogen-bond donors (Lipinski definition) is 0. The smallest absolute Gasteiger partial charge is 0.307 e. The maximum atomic E-state index is 13.0. The molecule has 0 N–H and O–H groups in total. The summed E-state index contributed by atoms with van der Waals surface area (Å²) in [6.07, 6.45) is 0.310. The Kier molecular flexibility index (Phi) is 3.20. The van der Waals surface area contributed by atoms with Crippen molar-refractivity contribution in [3.05, 3.63) is 24.1 Å². The number of carbonyl (C=O) groups excluding carboxylic acids is 1. The van der Waals surface area contributed by atoms with Gasteiger partial charge in [-0.05, 0) is 18.2 Å². The molecule has 1 fully saturated rings. The number of halogens is 1. The van der Waals surface area contributed by atoms with Gasteiger partial charge in [-0.15, -0.1) is 3.89 Å². The Balaban J connectivity index is 1.95. The number of fused-ring (bicyclic) bond motifs is 1. The average molecular weight is 312 g/mol. The summed E-state index contributed by atoms with van der Waals surface area (Å²) in [7, 11) is -4.72. The van der Waals surface area contributed by atoms with Crippen LogP contribution in [0.4, 0.5) is 9.57 Å². The lowest BCUT2D eigenvalue weighted by Gasteiger charge is -2.15. The van der Waals surface area contributed by atoms with E-state index in [-0.39, 0.29) is 13.0 Å². The molecule has 1 amide bonds. The van der Waals surface area contributed by atoms with Crippen molar-refractivity contribution in [2.75, 3.05) is 11.4 Å². The van der Waals surface area contributed by atoms with Crippen molar-refractivity contribution in [3.63, 3.8) is 0 Å². The van der Waals surface area contributed by atoms with Gasteiger partial charge in [0.2, 0.25) is 5.91 Å². The van der Waals surface area contributed by atoms with Crippen LogP contribution in [-0.4, -0.2) is 31.1 Å². The summed E-state index contributed by atoms with van der Waals surface area (Å²) < 4.78 is 40.4. The van der Waals surface area contributed by atoms with E-state index >= 15 is 0 Å². The molecule has 0 aliphatic carbocycles. The lowest BCUT2D eigenvalue weighted by molar-refractivity contribution is -0.117. The number of hydrogen-bond acceptors (Lipinski definition) is 5. The van der Waals surface area contributed by atoms with Crippen molar-refractivity contribution in [2.45, 2.75) is 25.0 Å². The van der Waals surface area contributed by atoms with Gasteiger partial charge in [-0.25, -0.2) is 4.98 Å². The van der Waals surface area contributed by atoms with Crippen molar-refractivity contribution in [1.82, 2.24) is 4.98 Å². The van der Waals surface area contributed by atoms with Gasteiger partial charge in [0, 0.05) is 25.1 Å². The molecule has 21 heavy (non-hydrogen) atoms. The summed E-state index contributed by atoms with van der Waals surface area (Å²) in [5.74, 6) is 0.166. The third-order valence-electron chi connectivity index (χ3n) is 3.52. The summed E-state index contributed by atoms with van der Waals surface area (Å²) in [6, 6.07) is 4.95. The quantitative estimate of drug-likeness (QED) is 0.807. The normalized spacial score (nSPS) is 19.6. The summed E-state index contributed by atoms with van der Waals surface area (Å²) >= 11 is 0. The van der Waals surface area contributed by atoms with E-state index in [1.807, 2.05) is 6.92 Å². The summed E-state index contributed by atoms with van der Waals surface area (Å²) in [5.41, 5.74) is 1.68. The van der Waals surface area contributed by atoms with E-state index in [2.05, 4.69) is 4.98 Å². The molecule has 1 atom stereocenters. The van der Waals surface area contributed by atoms with Crippen LogP contribution < -0.4 is 4.90 Å². The minimum atomic E-state index is -4.72. The summed E-state index contributed by atoms with van der Waals surface area (Å²) in [6.45, 7) is 1.73. The SMILES string of the molecule is CCc1nc2cc(N3CC(S(=O)(=O)F)CC3=O)ccc2o1. The van der Waals surface area contributed by atoms with Crippen molar-refractivity contribution in [3.8, 4) is 0 Å². The van der Waals surface area contributed by atoms with E-state index in [0.717, 1.165) is 0 Å². The zero-order valence-corrected chi connectivity index (χ0v) is 12.1. The molecule has 6 nitrogen and oxygen atoms in total. The molecular formula is C13H13FN2O4S. The standard InChI is InChI=1S/C13H13FN2O4S/c1-2-12-15-10-5-8(3-4-11(10)20-12)16-7-9(6-13(16)17)21(14,18)19/h3-5,9H,2,6-7H2,1H3. The number of amides is 1. The zero-order chi connectivity index (χ0) is 15.2. The van der Waals surface area contributed by atoms with Crippen LogP contribution in [0.1, 0.15) is 19.2 Å². The Morgan fingerprint density at radius 3 is 2.86 bits per heavy atom. The Bertz CT molecular complexity index is 815. The van der Waals surface area contributed by atoms with Crippen LogP contribution in [0, 0.1) is 0 Å². The van der Waals surface area contributed by atoms with Crippen molar-refractivity contribution >= 4 is 32.9 Å². The fraction of sp³-hybridized carbons (Fsp3) is 0.385. The van der Waals surface area contributed by atoms with Crippen molar-refractivity contribution in [1.29, 1.82) is 0 Å². The number of anilines is 1. The van der Waals surface area contributed by atoms with E-state index in [1.165, 1.54) is 4.90 Å². The molecule has 8 heteroatoms. The molecule has 2 heterocycles. The number of benzene rings is 1. The number of aromatic nitrogens is 1. The second-order valence-electron chi connectivity index (χ2n) is 4.92. The maximum Gasteiger partial charge on any atom is 0.307 e. The number of oxazole rings is 1. The predicted molar refractivity (Wildman–Crippen MR) is 74.2 cm³/mol. The van der Waals surface area contributed by atoms with Crippen LogP contribution in [0.3, 0.4) is 0 Å². The van der Waals surface area contributed by atoms with Crippen LogP contribution in [0.5, 0.6) is 0 Å². The van der Waals surface area contributed by atoms with E-state index < -0.39 is 21.4 Å². The first-order valence-corrected chi connectivity index (χ1v) is 7.96. The molecule has 1 aliphatic rings. The molecule has 1 aromatic carbocycles. The molecule has 1 aliphatic heterocycles. The third-order valence-corrected chi connectivity index (χ3v) is 4.63. The highest BCUT2D eigenvalue weighted by molar-refractivity contribution is 7.87. The minimum absolute atomic E-state index is 0.179. The lowest BCUT2D eigenvalue weighted by atomic mass is 10.2. The van der Waals surface area contributed by atoms with Crippen LogP contribution in [0.25, 0.3) is 11.1 Å². The maximum absolute atomic E-state index is 13.0. The van der Waals surface area contributed by atoms with Gasteiger partial charge < -0.3 is 9.32 Å². The van der Waals surface area contributed by atoms with E-state index in [1.54, 1.807) is 18.2 Å². The first kappa shape index (κ1) is 14.0. The number of rotatable bonds is 3. The van der Waals surface area contributed by atoms with Gasteiger partial charge in [-0.3, -0.25) is 4.79 Å². The first-order valence-electron chi connectivity index (χ1n) is 6.52. The van der Waals surface area contributed by atoms with E-state index in [0.29, 0.717) is 29.1 Å². The topological polar surface area (TPSA) is 80.5 Å². The molecule has 0 radical (unpaired) electrons. The Morgan fingerprint density at radius 2 is 2.24 bits per heavy atom. The molecule has 0 spiro atoms. The molecule has 1 aromatic heterocycles. The fourth-order valence-corrected chi connectivity index (χ4v) is 3.06. The molecule has 2 aromatic rings. The van der Waals surface area contributed by atoms with Gasteiger partial charge in [0.15, 0.2) is 11.5 Å². The van der Waals surface area contributed by atoms with E-state index in [9.17, 15) is 17.1 Å². The summed E-state index contributed by atoms with van der Waals surface area (Å²) in [4.78, 5) is 17.4. The van der Waals surface area contributed by atoms with Gasteiger partial charge >= 0.3 is 10.2 Å². The summed E-state index contributed by atoms with van der Waals surface area (Å²) in [5, 5.41) is -1.30. The van der Waals surface area contributed by atoms with Gasteiger partial charge in [0.25, 0.3) is 0 Å². The highest BCUT2D eigenvalue weighted by atomic mass is 32.3. The zero-order valence-electron chi connectivity index (χ0n) is 11.2. The second kappa shape index (κ2) is 4.80. The van der Waals surface area contributed by atoms with Gasteiger partial charge in [0.1, 0.15) is 10.8 Å². The Labute approximate surface area is 120 Å². The molecule has 1 saturated heterocycles. The number of carbonyl (C=O) groups is 1. The monoisotopic (exact) mass is 312 g/mol. The van der Waals surface area contributed by atoms with Gasteiger partial charge in [-0.2, -0.15) is 8.42 Å². The van der Waals surface area contributed by atoms with Crippen LogP contribution in [-0.2, 0) is 21.4 Å². The molecule has 0 bridgehead atoms. The highest BCUT2D eigenvalue weighted by Crippen LogP contribution is 2.28. The molecule has 1 unspecified atom stereocenters. The second-order valence-corrected chi connectivity index (χ2v) is 6.54. The van der Waals surface area contributed by atoms with Gasteiger partial charge in [0.05, 0.1) is 0 Å². The number of aryl methyl sites for hydroxylation is 1.